The van der Waals surface area contributed by atoms with Gasteiger partial charge in [0.05, 0.1) is 15.1 Å². The minimum absolute atomic E-state index is 0.326. The van der Waals surface area contributed by atoms with Crippen LogP contribution in [0.4, 0.5) is 15.2 Å². The topological polar surface area (TPSA) is 68.0 Å². The largest absolute Gasteiger partial charge is 0.375 e. The van der Waals surface area contributed by atoms with Gasteiger partial charge in [-0.05, 0) is 48.3 Å². The molecule has 106 valence electrons. The maximum absolute atomic E-state index is 14.0. The third-order valence-electron chi connectivity index (χ3n) is 2.78. The smallest absolute Gasteiger partial charge is 0.181 e. The van der Waals surface area contributed by atoms with Crippen molar-refractivity contribution in [2.24, 2.45) is 0 Å². The lowest BCUT2D eigenvalue weighted by atomic mass is 10.2. The number of aromatic nitrogens is 1. The Morgan fingerprint density at radius 1 is 1.29 bits per heavy atom. The molecule has 4 nitrogen and oxygen atoms in total. The van der Waals surface area contributed by atoms with Crippen LogP contribution >= 0.6 is 23.3 Å². The number of nitrogens with two attached hydrogens (primary N) is 1. The van der Waals surface area contributed by atoms with Crippen LogP contribution in [0.15, 0.2) is 41.3 Å². The van der Waals surface area contributed by atoms with Crippen LogP contribution in [0.5, 0.6) is 0 Å². The molecule has 21 heavy (non-hydrogen) atoms. The van der Waals surface area contributed by atoms with Crippen LogP contribution in [0, 0.1) is 5.82 Å². The van der Waals surface area contributed by atoms with E-state index in [1.54, 1.807) is 30.3 Å². The number of nitrogens with zero attached hydrogens (tertiary/aromatic N) is 1. The summed E-state index contributed by atoms with van der Waals surface area (Å²) in [5.41, 5.74) is 7.67. The Balaban J connectivity index is 1.80. The van der Waals surface area contributed by atoms with Gasteiger partial charge in [0.2, 0.25) is 0 Å². The van der Waals surface area contributed by atoms with Crippen LogP contribution in [0.2, 0.25) is 0 Å². The van der Waals surface area contributed by atoms with Crippen LogP contribution in [0.25, 0.3) is 10.2 Å². The van der Waals surface area contributed by atoms with E-state index in [2.05, 4.69) is 9.71 Å². The molecule has 0 fully saturated rings. The number of halogens is 1. The number of aldehydes is 1. The fraction of sp³-hybridized carbons (Fsp3) is 0. The van der Waals surface area contributed by atoms with Crippen molar-refractivity contribution in [1.82, 2.24) is 4.98 Å². The van der Waals surface area contributed by atoms with Crippen molar-refractivity contribution in [3.63, 3.8) is 0 Å². The molecule has 7 heteroatoms. The van der Waals surface area contributed by atoms with Gasteiger partial charge in [0.1, 0.15) is 12.1 Å². The standard InChI is InChI=1S/C14H10FN3OS2/c15-10-5-13-11(17-14(16)20-13)6-12(10)21-18-9-3-1-8(7-19)2-4-9/h1-7,18H,(H2,16,17). The first-order chi connectivity index (χ1) is 10.2. The molecule has 1 aromatic heterocycles. The van der Waals surface area contributed by atoms with Crippen LogP contribution in [-0.2, 0) is 0 Å². The lowest BCUT2D eigenvalue weighted by Crippen LogP contribution is -1.90. The fourth-order valence-electron chi connectivity index (χ4n) is 1.77. The second-order valence-electron chi connectivity index (χ2n) is 4.25. The number of carbonyl (C=O) groups excluding carboxylic acids is 1. The van der Waals surface area contributed by atoms with E-state index in [1.807, 2.05) is 0 Å². The SMILES string of the molecule is Nc1nc2cc(SNc3ccc(C=O)cc3)c(F)cc2s1. The number of anilines is 2. The van der Waals surface area contributed by atoms with Gasteiger partial charge in [0, 0.05) is 11.3 Å². The van der Waals surface area contributed by atoms with Crippen molar-refractivity contribution >= 4 is 50.6 Å². The molecule has 0 bridgehead atoms. The normalized spacial score (nSPS) is 10.7. The van der Waals surface area contributed by atoms with Crippen LogP contribution in [0.3, 0.4) is 0 Å². The number of thiazole rings is 1. The third-order valence-corrected chi connectivity index (χ3v) is 4.50. The Morgan fingerprint density at radius 3 is 2.76 bits per heavy atom. The summed E-state index contributed by atoms with van der Waals surface area (Å²) in [6, 6.07) is 9.99. The highest BCUT2D eigenvalue weighted by molar-refractivity contribution is 8.00. The summed E-state index contributed by atoms with van der Waals surface area (Å²) in [4.78, 5) is 15.2. The summed E-state index contributed by atoms with van der Waals surface area (Å²) in [5.74, 6) is -0.326. The zero-order valence-electron chi connectivity index (χ0n) is 10.7. The molecular formula is C14H10FN3OS2. The number of benzene rings is 2. The van der Waals surface area contributed by atoms with Gasteiger partial charge >= 0.3 is 0 Å². The van der Waals surface area contributed by atoms with Crippen LogP contribution < -0.4 is 10.5 Å². The van der Waals surface area contributed by atoms with Crippen molar-refractivity contribution < 1.29 is 9.18 Å². The molecule has 0 atom stereocenters. The van der Waals surface area contributed by atoms with E-state index in [4.69, 9.17) is 5.73 Å². The van der Waals surface area contributed by atoms with E-state index in [1.165, 1.54) is 17.4 Å². The number of nitrogens with one attached hydrogen (secondary N) is 1. The molecule has 0 aliphatic heterocycles. The number of hydrogen-bond donors (Lipinski definition) is 2. The number of rotatable bonds is 4. The number of carbonyl (C=O) groups is 1. The van der Waals surface area contributed by atoms with Gasteiger partial charge in [-0.2, -0.15) is 0 Å². The Labute approximate surface area is 128 Å². The molecule has 0 aliphatic carbocycles. The molecule has 3 aromatic rings. The Morgan fingerprint density at radius 2 is 2.05 bits per heavy atom. The molecule has 0 unspecified atom stereocenters. The molecule has 3 rings (SSSR count). The first-order valence-electron chi connectivity index (χ1n) is 5.99. The quantitative estimate of drug-likeness (QED) is 0.563. The van der Waals surface area contributed by atoms with Crippen molar-refractivity contribution in [2.75, 3.05) is 10.5 Å². The summed E-state index contributed by atoms with van der Waals surface area (Å²) >= 11 is 2.41. The van der Waals surface area contributed by atoms with Gasteiger partial charge in [0.25, 0.3) is 0 Å². The van der Waals surface area contributed by atoms with Gasteiger partial charge in [-0.1, -0.05) is 11.3 Å². The fourth-order valence-corrected chi connectivity index (χ4v) is 3.20. The summed E-state index contributed by atoms with van der Waals surface area (Å²) in [6.07, 6.45) is 0.775. The predicted octanol–water partition coefficient (Wildman–Crippen LogP) is 3.95. The van der Waals surface area contributed by atoms with Crippen LogP contribution in [-0.4, -0.2) is 11.3 Å². The highest BCUT2D eigenvalue weighted by atomic mass is 32.2. The molecule has 0 amide bonds. The number of hydrogen-bond acceptors (Lipinski definition) is 6. The van der Waals surface area contributed by atoms with Gasteiger partial charge in [0.15, 0.2) is 5.13 Å². The van der Waals surface area contributed by atoms with E-state index < -0.39 is 0 Å². The van der Waals surface area contributed by atoms with E-state index in [0.717, 1.165) is 28.6 Å². The molecule has 0 aliphatic rings. The molecule has 0 spiro atoms. The lowest BCUT2D eigenvalue weighted by Gasteiger charge is -2.06. The van der Waals surface area contributed by atoms with E-state index in [9.17, 15) is 9.18 Å². The predicted molar refractivity (Wildman–Crippen MR) is 85.3 cm³/mol. The van der Waals surface area contributed by atoms with Crippen molar-refractivity contribution in [1.29, 1.82) is 0 Å². The molecule has 1 heterocycles. The minimum atomic E-state index is -0.326. The first kappa shape index (κ1) is 13.8. The van der Waals surface area contributed by atoms with Gasteiger partial charge < -0.3 is 10.5 Å². The second-order valence-corrected chi connectivity index (χ2v) is 6.16. The van der Waals surface area contributed by atoms with Crippen molar-refractivity contribution in [3.05, 3.63) is 47.8 Å². The van der Waals surface area contributed by atoms with Crippen LogP contribution in [0.1, 0.15) is 10.4 Å². The minimum Gasteiger partial charge on any atom is -0.375 e. The summed E-state index contributed by atoms with van der Waals surface area (Å²) in [5, 5.41) is 0.420. The summed E-state index contributed by atoms with van der Waals surface area (Å²) < 4.78 is 17.7. The Kier molecular flexibility index (Phi) is 3.76. The van der Waals surface area contributed by atoms with Crippen molar-refractivity contribution in [3.8, 4) is 0 Å². The Bertz CT molecular complexity index is 802. The Hall–Kier alpha value is -2.12. The maximum atomic E-state index is 14.0. The zero-order valence-corrected chi connectivity index (χ0v) is 12.3. The summed E-state index contributed by atoms with van der Waals surface area (Å²) in [6.45, 7) is 0. The maximum Gasteiger partial charge on any atom is 0.181 e. The molecule has 0 radical (unpaired) electrons. The lowest BCUT2D eigenvalue weighted by molar-refractivity contribution is 0.112. The molecule has 0 saturated carbocycles. The van der Waals surface area contributed by atoms with Gasteiger partial charge in [-0.15, -0.1) is 0 Å². The number of nitrogen functional groups attached to an aromatic ring is 1. The second kappa shape index (κ2) is 5.71. The average molecular weight is 319 g/mol. The van der Waals surface area contributed by atoms with E-state index in [-0.39, 0.29) is 5.82 Å². The van der Waals surface area contributed by atoms with Gasteiger partial charge in [-0.25, -0.2) is 9.37 Å². The number of fused-ring (bicyclic) bond motifs is 1. The van der Waals surface area contributed by atoms with E-state index >= 15 is 0 Å². The van der Waals surface area contributed by atoms with Gasteiger partial charge in [-0.3, -0.25) is 4.79 Å². The summed E-state index contributed by atoms with van der Waals surface area (Å²) in [7, 11) is 0. The molecule has 0 saturated heterocycles. The van der Waals surface area contributed by atoms with Crippen molar-refractivity contribution in [2.45, 2.75) is 4.90 Å². The highest BCUT2D eigenvalue weighted by Gasteiger charge is 2.09. The highest BCUT2D eigenvalue weighted by Crippen LogP contribution is 2.31. The molecular weight excluding hydrogens is 309 g/mol. The average Bonchev–Trinajstić information content (AvgIpc) is 2.84. The zero-order chi connectivity index (χ0) is 14.8. The van der Waals surface area contributed by atoms with E-state index in [0.29, 0.717) is 21.1 Å². The first-order valence-corrected chi connectivity index (χ1v) is 7.62. The molecule has 3 N–H and O–H groups in total. The third kappa shape index (κ3) is 2.98. The monoisotopic (exact) mass is 319 g/mol. The molecule has 2 aromatic carbocycles.